The first kappa shape index (κ1) is 27.6. The van der Waals surface area contributed by atoms with E-state index in [9.17, 15) is 4.79 Å². The van der Waals surface area contributed by atoms with Crippen molar-refractivity contribution >= 4 is 23.3 Å². The molecule has 0 radical (unpaired) electrons. The molecule has 0 aliphatic carbocycles. The summed E-state index contributed by atoms with van der Waals surface area (Å²) in [5.74, 6) is 0.497. The predicted molar refractivity (Wildman–Crippen MR) is 129 cm³/mol. The van der Waals surface area contributed by atoms with Gasteiger partial charge in [0.2, 0.25) is 6.23 Å². The molecule has 178 valence electrons. The number of carbonyl (C=O) groups excluding carboxylic acids is 1. The molecule has 2 rings (SSSR count). The SMILES string of the molecule is CC.CCCCCCOc1nsnc1C1=CCC[N+](C)(C(CC)OC(=O)C(C)(C)C)C1. The fourth-order valence-corrected chi connectivity index (χ4v) is 4.14. The van der Waals surface area contributed by atoms with E-state index in [4.69, 9.17) is 9.47 Å². The topological polar surface area (TPSA) is 61.3 Å². The van der Waals surface area contributed by atoms with Gasteiger partial charge < -0.3 is 9.47 Å². The van der Waals surface area contributed by atoms with Gasteiger partial charge in [-0.05, 0) is 27.2 Å². The number of carbonyl (C=O) groups is 1. The zero-order chi connectivity index (χ0) is 23.5. The minimum absolute atomic E-state index is 0.147. The van der Waals surface area contributed by atoms with E-state index in [1.807, 2.05) is 34.6 Å². The highest BCUT2D eigenvalue weighted by Gasteiger charge is 2.40. The van der Waals surface area contributed by atoms with Crippen LogP contribution >= 0.6 is 11.7 Å². The fourth-order valence-electron chi connectivity index (χ4n) is 3.60. The molecule has 6 nitrogen and oxygen atoms in total. The van der Waals surface area contributed by atoms with Gasteiger partial charge in [0, 0.05) is 18.4 Å². The van der Waals surface area contributed by atoms with Gasteiger partial charge in [-0.1, -0.05) is 53.0 Å². The van der Waals surface area contributed by atoms with Crippen molar-refractivity contribution in [3.63, 3.8) is 0 Å². The quantitative estimate of drug-likeness (QED) is 0.243. The number of nitrogens with zero attached hydrogens (tertiary/aromatic N) is 3. The van der Waals surface area contributed by atoms with Gasteiger partial charge in [-0.25, -0.2) is 0 Å². The highest BCUT2D eigenvalue weighted by atomic mass is 32.1. The number of quaternary nitrogens is 1. The predicted octanol–water partition coefficient (Wildman–Crippen LogP) is 6.08. The van der Waals surface area contributed by atoms with Crippen molar-refractivity contribution in [1.82, 2.24) is 8.75 Å². The lowest BCUT2D eigenvalue weighted by molar-refractivity contribution is -0.947. The average molecular weight is 455 g/mol. The molecule has 1 aromatic rings. The van der Waals surface area contributed by atoms with Crippen LogP contribution in [0, 0.1) is 5.41 Å². The summed E-state index contributed by atoms with van der Waals surface area (Å²) in [6, 6.07) is 0. The number of rotatable bonds is 10. The van der Waals surface area contributed by atoms with Gasteiger partial charge in [-0.2, -0.15) is 4.37 Å². The van der Waals surface area contributed by atoms with E-state index < -0.39 is 5.41 Å². The smallest absolute Gasteiger partial charge is 0.315 e. The Hall–Kier alpha value is -1.47. The second-order valence-electron chi connectivity index (χ2n) is 9.22. The lowest BCUT2D eigenvalue weighted by Gasteiger charge is -2.43. The van der Waals surface area contributed by atoms with E-state index in [1.54, 1.807) is 0 Å². The van der Waals surface area contributed by atoms with Crippen LogP contribution in [0.5, 0.6) is 5.88 Å². The van der Waals surface area contributed by atoms with Gasteiger partial charge >= 0.3 is 5.97 Å². The Morgan fingerprint density at radius 2 is 1.90 bits per heavy atom. The summed E-state index contributed by atoms with van der Waals surface area (Å²) in [4.78, 5) is 12.5. The van der Waals surface area contributed by atoms with Crippen LogP contribution in [0.2, 0.25) is 0 Å². The summed E-state index contributed by atoms with van der Waals surface area (Å²) in [6.07, 6.45) is 8.43. The summed E-state index contributed by atoms with van der Waals surface area (Å²) in [6.45, 7) is 16.3. The molecule has 1 aromatic heterocycles. The number of esters is 1. The molecular formula is C24H44N3O3S+. The number of hydrogen-bond acceptors (Lipinski definition) is 6. The molecule has 1 aliphatic rings. The van der Waals surface area contributed by atoms with Crippen molar-refractivity contribution in [2.24, 2.45) is 5.41 Å². The van der Waals surface area contributed by atoms with E-state index in [0.29, 0.717) is 17.0 Å². The molecule has 0 saturated carbocycles. The minimum atomic E-state index is -0.501. The Morgan fingerprint density at radius 1 is 1.19 bits per heavy atom. The first-order valence-corrected chi connectivity index (χ1v) is 12.6. The Labute approximate surface area is 193 Å². The number of ether oxygens (including phenoxy) is 2. The fraction of sp³-hybridized carbons (Fsp3) is 0.792. The zero-order valence-electron chi connectivity index (χ0n) is 21.0. The Bertz CT molecular complexity index is 696. The molecule has 0 N–H and O–H groups in total. The van der Waals surface area contributed by atoms with Crippen LogP contribution in [0.1, 0.15) is 92.7 Å². The number of likely N-dealkylation sites (N-methyl/N-ethyl adjacent to an activating group) is 1. The molecule has 7 heteroatoms. The lowest BCUT2D eigenvalue weighted by Crippen LogP contribution is -2.56. The maximum Gasteiger partial charge on any atom is 0.315 e. The van der Waals surface area contributed by atoms with Crippen LogP contribution in [-0.4, -0.2) is 52.2 Å². The van der Waals surface area contributed by atoms with Gasteiger partial charge in [0.1, 0.15) is 12.2 Å². The van der Waals surface area contributed by atoms with Crippen molar-refractivity contribution in [3.8, 4) is 5.88 Å². The standard InChI is InChI=1S/C22H38N3O3S.C2H6/c1-7-9-10-11-15-27-20-19(23-29-24-20)17-13-12-14-25(6,16-17)18(8-2)28-21(26)22(3,4)5;1-2/h13,18H,7-12,14-16H2,1-6H3;1-2H3/q+1;. The summed E-state index contributed by atoms with van der Waals surface area (Å²) in [5, 5.41) is 0. The summed E-state index contributed by atoms with van der Waals surface area (Å²) >= 11 is 1.20. The summed E-state index contributed by atoms with van der Waals surface area (Å²) in [5.41, 5.74) is 1.49. The molecular weight excluding hydrogens is 410 g/mol. The molecule has 2 atom stereocenters. The number of aromatic nitrogens is 2. The molecule has 0 amide bonds. The van der Waals surface area contributed by atoms with Crippen LogP contribution in [-0.2, 0) is 9.53 Å². The molecule has 2 unspecified atom stereocenters. The van der Waals surface area contributed by atoms with Crippen LogP contribution in [0.3, 0.4) is 0 Å². The molecule has 31 heavy (non-hydrogen) atoms. The minimum Gasteiger partial charge on any atom is -0.475 e. The largest absolute Gasteiger partial charge is 0.475 e. The lowest BCUT2D eigenvalue weighted by atomic mass is 9.97. The first-order valence-electron chi connectivity index (χ1n) is 11.9. The van der Waals surface area contributed by atoms with E-state index in [0.717, 1.165) is 43.6 Å². The van der Waals surface area contributed by atoms with Gasteiger partial charge in [-0.15, -0.1) is 4.37 Å². The van der Waals surface area contributed by atoms with Crippen molar-refractivity contribution in [2.75, 3.05) is 26.7 Å². The molecule has 0 spiro atoms. The Morgan fingerprint density at radius 3 is 2.52 bits per heavy atom. The van der Waals surface area contributed by atoms with E-state index in [2.05, 4.69) is 35.7 Å². The van der Waals surface area contributed by atoms with Gasteiger partial charge in [0.25, 0.3) is 5.88 Å². The maximum absolute atomic E-state index is 12.5. The zero-order valence-corrected chi connectivity index (χ0v) is 21.8. The van der Waals surface area contributed by atoms with Gasteiger partial charge in [0.15, 0.2) is 0 Å². The molecule has 0 bridgehead atoms. The van der Waals surface area contributed by atoms with E-state index in [-0.39, 0.29) is 12.2 Å². The molecule has 0 aromatic carbocycles. The Balaban J connectivity index is 0.00000233. The third kappa shape index (κ3) is 8.19. The van der Waals surface area contributed by atoms with Crippen molar-refractivity contribution in [3.05, 3.63) is 11.8 Å². The molecule has 2 heterocycles. The number of unbranched alkanes of at least 4 members (excludes halogenated alkanes) is 3. The van der Waals surface area contributed by atoms with Crippen molar-refractivity contribution in [1.29, 1.82) is 0 Å². The average Bonchev–Trinajstić information content (AvgIpc) is 3.21. The highest BCUT2D eigenvalue weighted by molar-refractivity contribution is 6.99. The molecule has 1 aliphatic heterocycles. The van der Waals surface area contributed by atoms with E-state index >= 15 is 0 Å². The third-order valence-corrected chi connectivity index (χ3v) is 5.97. The third-order valence-electron chi connectivity index (χ3n) is 5.46. The second kappa shape index (κ2) is 13.2. The van der Waals surface area contributed by atoms with Crippen LogP contribution in [0.15, 0.2) is 6.08 Å². The second-order valence-corrected chi connectivity index (χ2v) is 9.75. The van der Waals surface area contributed by atoms with Crippen molar-refractivity contribution in [2.45, 2.75) is 93.2 Å². The van der Waals surface area contributed by atoms with Crippen LogP contribution in [0.25, 0.3) is 5.57 Å². The van der Waals surface area contributed by atoms with Crippen molar-refractivity contribution < 1.29 is 18.8 Å². The number of hydrogen-bond donors (Lipinski definition) is 0. The van der Waals surface area contributed by atoms with Crippen LogP contribution in [0.4, 0.5) is 0 Å². The molecule has 0 fully saturated rings. The highest BCUT2D eigenvalue weighted by Crippen LogP contribution is 2.33. The molecule has 0 saturated heterocycles. The maximum atomic E-state index is 12.5. The summed E-state index contributed by atoms with van der Waals surface area (Å²) in [7, 11) is 2.17. The normalized spacial score (nSPS) is 19.7. The van der Waals surface area contributed by atoms with Gasteiger partial charge in [-0.3, -0.25) is 9.28 Å². The van der Waals surface area contributed by atoms with Crippen LogP contribution < -0.4 is 4.74 Å². The van der Waals surface area contributed by atoms with Gasteiger partial charge in [0.05, 0.1) is 37.3 Å². The van der Waals surface area contributed by atoms with E-state index in [1.165, 1.54) is 31.0 Å². The Kier molecular flexibility index (Phi) is 11.7. The summed E-state index contributed by atoms with van der Waals surface area (Å²) < 4.78 is 21.5. The monoisotopic (exact) mass is 454 g/mol. The first-order chi connectivity index (χ1) is 14.7.